The third kappa shape index (κ3) is 4.75. The monoisotopic (exact) mass is 380 g/mol. The van der Waals surface area contributed by atoms with E-state index >= 15 is 0 Å². The molecule has 3 N–H and O–H groups in total. The van der Waals surface area contributed by atoms with Gasteiger partial charge in [0, 0.05) is 31.9 Å². The van der Waals surface area contributed by atoms with Crippen LogP contribution in [0.1, 0.15) is 25.0 Å². The van der Waals surface area contributed by atoms with E-state index in [0.717, 1.165) is 57.8 Å². The van der Waals surface area contributed by atoms with E-state index in [4.69, 9.17) is 9.47 Å². The Hall–Kier alpha value is -1.75. The molecule has 0 unspecified atom stereocenters. The number of morpholine rings is 1. The molecule has 2 amide bonds. The van der Waals surface area contributed by atoms with Crippen LogP contribution in [-0.2, 0) is 22.6 Å². The van der Waals surface area contributed by atoms with Gasteiger partial charge in [0.25, 0.3) is 0 Å². The van der Waals surface area contributed by atoms with Crippen molar-refractivity contribution in [2.75, 3.05) is 32.9 Å². The summed E-state index contributed by atoms with van der Waals surface area (Å²) < 4.78 is 12.8. The van der Waals surface area contributed by atoms with Gasteiger partial charge in [-0.05, 0) is 19.3 Å². The Kier molecular flexibility index (Phi) is 5.86. The Morgan fingerprint density at radius 1 is 1.30 bits per heavy atom. The highest BCUT2D eigenvalue weighted by Crippen LogP contribution is 2.19. The van der Waals surface area contributed by atoms with Gasteiger partial charge in [0.2, 0.25) is 0 Å². The first-order chi connectivity index (χ1) is 13.2. The van der Waals surface area contributed by atoms with Gasteiger partial charge in [-0.25, -0.2) is 9.48 Å². The highest BCUT2D eigenvalue weighted by molar-refractivity contribution is 5.74. The van der Waals surface area contributed by atoms with E-state index in [9.17, 15) is 9.90 Å². The number of aliphatic hydroxyl groups is 1. The third-order valence-corrected chi connectivity index (χ3v) is 5.48. The zero-order valence-electron chi connectivity index (χ0n) is 15.4. The van der Waals surface area contributed by atoms with Gasteiger partial charge < -0.3 is 25.2 Å². The largest absolute Gasteiger partial charge is 0.388 e. The summed E-state index contributed by atoms with van der Waals surface area (Å²) in [5, 5.41) is 24.4. The summed E-state index contributed by atoms with van der Waals surface area (Å²) in [6.45, 7) is 4.66. The molecule has 1 saturated carbocycles. The molecule has 27 heavy (non-hydrogen) atoms. The van der Waals surface area contributed by atoms with Gasteiger partial charge in [-0.15, -0.1) is 5.10 Å². The minimum absolute atomic E-state index is 0.203. The van der Waals surface area contributed by atoms with Gasteiger partial charge in [-0.1, -0.05) is 5.21 Å². The number of carbonyl (C=O) groups excluding carboxylic acids is 1. The molecular formula is C17H28N6O4. The van der Waals surface area contributed by atoms with Crippen molar-refractivity contribution < 1.29 is 19.4 Å². The maximum absolute atomic E-state index is 12.1. The van der Waals surface area contributed by atoms with Crippen LogP contribution in [0, 0.1) is 0 Å². The smallest absolute Gasteiger partial charge is 0.315 e. The van der Waals surface area contributed by atoms with Gasteiger partial charge in [-0.2, -0.15) is 0 Å². The Labute approximate surface area is 158 Å². The molecule has 2 aliphatic heterocycles. The molecule has 0 aromatic carbocycles. The molecule has 3 heterocycles. The highest BCUT2D eigenvalue weighted by atomic mass is 16.5. The summed E-state index contributed by atoms with van der Waals surface area (Å²) in [6.07, 6.45) is 4.02. The van der Waals surface area contributed by atoms with Crippen molar-refractivity contribution >= 4 is 6.03 Å². The first-order valence-electron chi connectivity index (χ1n) is 9.73. The molecule has 10 heteroatoms. The summed E-state index contributed by atoms with van der Waals surface area (Å²) >= 11 is 0. The fourth-order valence-corrected chi connectivity index (χ4v) is 3.64. The fourth-order valence-electron chi connectivity index (χ4n) is 3.64. The molecule has 150 valence electrons. The molecule has 2 saturated heterocycles. The Morgan fingerprint density at radius 3 is 2.85 bits per heavy atom. The van der Waals surface area contributed by atoms with Gasteiger partial charge in [0.15, 0.2) is 0 Å². The van der Waals surface area contributed by atoms with E-state index in [1.54, 1.807) is 4.68 Å². The van der Waals surface area contributed by atoms with Crippen LogP contribution in [0.4, 0.5) is 4.79 Å². The molecule has 1 aromatic rings. The van der Waals surface area contributed by atoms with E-state index in [1.165, 1.54) is 0 Å². The minimum Gasteiger partial charge on any atom is -0.388 e. The maximum Gasteiger partial charge on any atom is 0.315 e. The first kappa shape index (κ1) is 18.6. The molecular weight excluding hydrogens is 352 g/mol. The second kappa shape index (κ2) is 8.51. The van der Waals surface area contributed by atoms with Crippen LogP contribution in [0.2, 0.25) is 0 Å². The zero-order valence-corrected chi connectivity index (χ0v) is 15.4. The van der Waals surface area contributed by atoms with E-state index in [2.05, 4.69) is 25.8 Å². The van der Waals surface area contributed by atoms with Gasteiger partial charge in [0.05, 0.1) is 38.1 Å². The quantitative estimate of drug-likeness (QED) is 0.585. The number of nitrogens with zero attached hydrogens (tertiary/aromatic N) is 4. The number of hydrogen-bond acceptors (Lipinski definition) is 7. The van der Waals surface area contributed by atoms with Crippen LogP contribution in [0.15, 0.2) is 6.20 Å². The van der Waals surface area contributed by atoms with Crippen molar-refractivity contribution in [3.63, 3.8) is 0 Å². The standard InChI is InChI=1S/C17H28N6O4/c24-14-11-27-15(16(14)19-17(25)18-12-2-1-3-12)10-23-9-13(20-21-23)8-22-4-6-26-7-5-22/h9,12,14-16,24H,1-8,10-11H2,(H2,18,19,25)/t14-,15+,16+/m0/s1. The van der Waals surface area contributed by atoms with Crippen molar-refractivity contribution in [1.29, 1.82) is 0 Å². The third-order valence-electron chi connectivity index (χ3n) is 5.48. The highest BCUT2D eigenvalue weighted by Gasteiger charge is 2.38. The van der Waals surface area contributed by atoms with Crippen molar-refractivity contribution in [2.45, 2.75) is 56.6 Å². The van der Waals surface area contributed by atoms with E-state index in [1.807, 2.05) is 6.20 Å². The molecule has 3 fully saturated rings. The number of aliphatic hydroxyl groups excluding tert-OH is 1. The number of nitrogens with one attached hydrogen (secondary N) is 2. The number of aromatic nitrogens is 3. The summed E-state index contributed by atoms with van der Waals surface area (Å²) in [5.74, 6) is 0. The van der Waals surface area contributed by atoms with Crippen molar-refractivity contribution in [1.82, 2.24) is 30.5 Å². The summed E-state index contributed by atoms with van der Waals surface area (Å²) in [5.41, 5.74) is 0.891. The Bertz CT molecular complexity index is 631. The lowest BCUT2D eigenvalue weighted by Crippen LogP contribution is -2.54. The lowest BCUT2D eigenvalue weighted by Gasteiger charge is -2.28. The normalized spacial score (nSPS) is 29.4. The maximum atomic E-state index is 12.1. The molecule has 3 aliphatic rings. The summed E-state index contributed by atoms with van der Waals surface area (Å²) in [7, 11) is 0. The minimum atomic E-state index is -0.724. The van der Waals surface area contributed by atoms with Gasteiger partial charge in [-0.3, -0.25) is 4.90 Å². The van der Waals surface area contributed by atoms with Crippen LogP contribution >= 0.6 is 0 Å². The number of urea groups is 1. The first-order valence-corrected chi connectivity index (χ1v) is 9.73. The van der Waals surface area contributed by atoms with Crippen LogP contribution in [0.25, 0.3) is 0 Å². The van der Waals surface area contributed by atoms with Crippen LogP contribution in [-0.4, -0.2) is 88.2 Å². The van der Waals surface area contributed by atoms with Crippen molar-refractivity contribution in [2.24, 2.45) is 0 Å². The molecule has 0 radical (unpaired) electrons. The van der Waals surface area contributed by atoms with E-state index in [0.29, 0.717) is 6.54 Å². The van der Waals surface area contributed by atoms with Crippen LogP contribution in [0.5, 0.6) is 0 Å². The van der Waals surface area contributed by atoms with E-state index < -0.39 is 12.1 Å². The Balaban J connectivity index is 1.30. The second-order valence-corrected chi connectivity index (χ2v) is 7.53. The molecule has 1 aromatic heterocycles. The number of rotatable bonds is 6. The van der Waals surface area contributed by atoms with Crippen molar-refractivity contribution in [3.05, 3.63) is 11.9 Å². The van der Waals surface area contributed by atoms with E-state index in [-0.39, 0.29) is 24.8 Å². The SMILES string of the molecule is O=C(NC1CCC1)N[C@@H]1[C@@H](O)CO[C@@H]1Cn1cc(CN2CCOCC2)nn1. The lowest BCUT2D eigenvalue weighted by molar-refractivity contribution is 0.0336. The fraction of sp³-hybridized carbons (Fsp3) is 0.824. The molecule has 1 aliphatic carbocycles. The molecule has 0 bridgehead atoms. The zero-order chi connectivity index (χ0) is 18.6. The van der Waals surface area contributed by atoms with Crippen molar-refractivity contribution in [3.8, 4) is 0 Å². The molecule has 10 nitrogen and oxygen atoms in total. The van der Waals surface area contributed by atoms with Gasteiger partial charge in [0.1, 0.15) is 12.2 Å². The van der Waals surface area contributed by atoms with Crippen LogP contribution in [0.3, 0.4) is 0 Å². The lowest BCUT2D eigenvalue weighted by atomic mass is 9.93. The second-order valence-electron chi connectivity index (χ2n) is 7.53. The molecule has 4 rings (SSSR count). The Morgan fingerprint density at radius 2 is 2.11 bits per heavy atom. The predicted molar refractivity (Wildman–Crippen MR) is 95.0 cm³/mol. The number of ether oxygens (including phenoxy) is 2. The number of carbonyl (C=O) groups is 1. The summed E-state index contributed by atoms with van der Waals surface area (Å²) in [4.78, 5) is 14.4. The van der Waals surface area contributed by atoms with Crippen LogP contribution < -0.4 is 10.6 Å². The molecule has 3 atom stereocenters. The average Bonchev–Trinajstić information content (AvgIpc) is 3.21. The summed E-state index contributed by atoms with van der Waals surface area (Å²) in [6, 6.07) is -0.455. The number of amides is 2. The van der Waals surface area contributed by atoms with Gasteiger partial charge >= 0.3 is 6.03 Å². The predicted octanol–water partition coefficient (Wildman–Crippen LogP) is -0.910. The molecule has 0 spiro atoms. The average molecular weight is 380 g/mol. The number of hydrogen-bond donors (Lipinski definition) is 3. The topological polar surface area (TPSA) is 114 Å².